The third kappa shape index (κ3) is 5.13. The van der Waals surface area contributed by atoms with Crippen molar-refractivity contribution >= 4 is 14.4 Å². The molecule has 1 aromatic carbocycles. The van der Waals surface area contributed by atoms with E-state index in [0.29, 0.717) is 5.82 Å². The van der Waals surface area contributed by atoms with E-state index < -0.39 is 26.6 Å². The molecule has 9 heteroatoms. The normalized spacial score (nSPS) is 14.6. The number of nitrogens with zero attached hydrogens (tertiary/aromatic N) is 4. The number of amides is 1. The van der Waals surface area contributed by atoms with Gasteiger partial charge in [-0.05, 0) is 41.0 Å². The minimum absolute atomic E-state index is 0.0358. The van der Waals surface area contributed by atoms with E-state index in [2.05, 4.69) is 54.5 Å². The summed E-state index contributed by atoms with van der Waals surface area (Å²) >= 11 is 0. The topological polar surface area (TPSA) is 104 Å². The molecule has 0 spiro atoms. The molecular weight excluding hydrogens is 362 g/mol. The third-order valence-electron chi connectivity index (χ3n) is 5.23. The number of carbonyl (C=O) groups is 1. The third-order valence-corrected chi connectivity index (χ3v) is 9.69. The van der Waals surface area contributed by atoms with E-state index in [9.17, 15) is 9.90 Å². The average Bonchev–Trinajstić information content (AvgIpc) is 3.11. The lowest BCUT2D eigenvalue weighted by molar-refractivity contribution is 0.0534. The largest absolute Gasteiger partial charge is 0.465 e. The van der Waals surface area contributed by atoms with Crippen LogP contribution in [0.2, 0.25) is 18.1 Å². The van der Waals surface area contributed by atoms with Gasteiger partial charge in [0.25, 0.3) is 0 Å². The molecule has 0 saturated heterocycles. The van der Waals surface area contributed by atoms with Crippen LogP contribution >= 0.6 is 0 Å². The minimum Gasteiger partial charge on any atom is -0.465 e. The van der Waals surface area contributed by atoms with E-state index in [1.165, 1.54) is 4.90 Å². The molecule has 2 atom stereocenters. The van der Waals surface area contributed by atoms with Crippen LogP contribution in [0.15, 0.2) is 30.3 Å². The lowest BCUT2D eigenvalue weighted by atomic mass is 10.1. The molecule has 1 aromatic heterocycles. The summed E-state index contributed by atoms with van der Waals surface area (Å²) in [5.41, 5.74) is 0.911. The van der Waals surface area contributed by atoms with Crippen LogP contribution in [0.25, 0.3) is 0 Å². The highest BCUT2D eigenvalue weighted by Gasteiger charge is 2.43. The Morgan fingerprint density at radius 1 is 1.30 bits per heavy atom. The van der Waals surface area contributed by atoms with Crippen LogP contribution in [0.1, 0.15) is 45.2 Å². The molecular formula is C18H29N5O3Si. The van der Waals surface area contributed by atoms with Crippen molar-refractivity contribution in [1.82, 2.24) is 25.5 Å². The Bertz CT molecular complexity index is 731. The fraction of sp³-hybridized carbons (Fsp3) is 0.556. The second-order valence-electron chi connectivity index (χ2n) is 8.22. The molecule has 0 unspecified atom stereocenters. The van der Waals surface area contributed by atoms with Crippen molar-refractivity contribution in [1.29, 1.82) is 0 Å². The molecule has 0 fully saturated rings. The Morgan fingerprint density at radius 3 is 2.41 bits per heavy atom. The number of rotatable bonds is 7. The summed E-state index contributed by atoms with van der Waals surface area (Å²) in [6.07, 6.45) is -1.59. The Labute approximate surface area is 161 Å². The summed E-state index contributed by atoms with van der Waals surface area (Å²) in [7, 11) is -2.19. The van der Waals surface area contributed by atoms with Crippen LogP contribution in [0, 0.1) is 0 Å². The van der Waals surface area contributed by atoms with Crippen molar-refractivity contribution in [3.8, 4) is 0 Å². The Morgan fingerprint density at radius 2 is 1.93 bits per heavy atom. The first-order valence-electron chi connectivity index (χ1n) is 8.98. The zero-order chi connectivity index (χ0) is 20.2. The standard InChI is InChI=1S/C18H29N5O3Si/c1-13(23(17(24)25)12-14-10-8-7-9-11-14)15(16-19-21-22-20-16)26-27(5,6)18(2,3)4/h7-11,13,15H,12H2,1-6H3,(H,24,25)(H,19,20,21,22)/t13-,15-/m0/s1. The summed E-state index contributed by atoms with van der Waals surface area (Å²) in [5.74, 6) is 0.437. The Balaban J connectivity index is 2.33. The number of carboxylic acid groups (broad SMARTS) is 1. The highest BCUT2D eigenvalue weighted by Crippen LogP contribution is 2.40. The molecule has 8 nitrogen and oxygen atoms in total. The van der Waals surface area contributed by atoms with Gasteiger partial charge in [0.1, 0.15) is 6.10 Å². The van der Waals surface area contributed by atoms with Crippen LogP contribution < -0.4 is 0 Å². The number of hydrogen-bond donors (Lipinski definition) is 2. The van der Waals surface area contributed by atoms with E-state index in [4.69, 9.17) is 4.43 Å². The molecule has 2 N–H and O–H groups in total. The summed E-state index contributed by atoms with van der Waals surface area (Å²) < 4.78 is 6.54. The number of aromatic nitrogens is 4. The molecule has 0 radical (unpaired) electrons. The van der Waals surface area contributed by atoms with Gasteiger partial charge < -0.3 is 9.53 Å². The number of benzene rings is 1. The van der Waals surface area contributed by atoms with Crippen molar-refractivity contribution in [3.63, 3.8) is 0 Å². The van der Waals surface area contributed by atoms with Crippen LogP contribution in [0.3, 0.4) is 0 Å². The Kier molecular flexibility index (Phi) is 6.37. The zero-order valence-electron chi connectivity index (χ0n) is 16.8. The Hall–Kier alpha value is -2.26. The first-order chi connectivity index (χ1) is 12.5. The summed E-state index contributed by atoms with van der Waals surface area (Å²) in [4.78, 5) is 13.4. The van der Waals surface area contributed by atoms with Crippen LogP contribution in [-0.4, -0.2) is 51.1 Å². The highest BCUT2D eigenvalue weighted by atomic mass is 28.4. The molecule has 1 amide bonds. The smallest absolute Gasteiger partial charge is 0.407 e. The SMILES string of the molecule is C[C@@H]([C@H](O[Si](C)(C)C(C)(C)C)c1nnn[nH]1)N(Cc1ccccc1)C(=O)O. The van der Waals surface area contributed by atoms with Crippen molar-refractivity contribution in [2.45, 2.75) is 64.5 Å². The molecule has 0 aliphatic carbocycles. The van der Waals surface area contributed by atoms with Gasteiger partial charge in [-0.1, -0.05) is 51.1 Å². The maximum Gasteiger partial charge on any atom is 0.407 e. The van der Waals surface area contributed by atoms with Gasteiger partial charge in [0.05, 0.1) is 6.04 Å². The van der Waals surface area contributed by atoms with Crippen molar-refractivity contribution < 1.29 is 14.3 Å². The molecule has 0 bridgehead atoms. The van der Waals surface area contributed by atoms with Gasteiger partial charge in [-0.15, -0.1) is 5.10 Å². The lowest BCUT2D eigenvalue weighted by Gasteiger charge is -2.41. The van der Waals surface area contributed by atoms with Gasteiger partial charge in [-0.3, -0.25) is 4.90 Å². The second-order valence-corrected chi connectivity index (χ2v) is 13.0. The van der Waals surface area contributed by atoms with Gasteiger partial charge in [0.15, 0.2) is 14.1 Å². The molecule has 0 aliphatic heterocycles. The monoisotopic (exact) mass is 391 g/mol. The van der Waals surface area contributed by atoms with Gasteiger partial charge >= 0.3 is 6.09 Å². The van der Waals surface area contributed by atoms with Crippen molar-refractivity contribution in [3.05, 3.63) is 41.7 Å². The van der Waals surface area contributed by atoms with Crippen molar-refractivity contribution in [2.24, 2.45) is 0 Å². The minimum atomic E-state index is -2.19. The van der Waals surface area contributed by atoms with E-state index >= 15 is 0 Å². The quantitative estimate of drug-likeness (QED) is 0.695. The molecule has 27 heavy (non-hydrogen) atoms. The van der Waals surface area contributed by atoms with E-state index in [1.807, 2.05) is 37.3 Å². The second kappa shape index (κ2) is 8.18. The maximum atomic E-state index is 12.0. The number of tetrazole rings is 1. The van der Waals surface area contributed by atoms with E-state index in [0.717, 1.165) is 5.56 Å². The summed E-state index contributed by atoms with van der Waals surface area (Å²) in [6.45, 7) is 12.8. The first kappa shape index (κ1) is 21.0. The maximum absolute atomic E-state index is 12.0. The fourth-order valence-corrected chi connectivity index (χ4v) is 3.79. The predicted molar refractivity (Wildman–Crippen MR) is 105 cm³/mol. The molecule has 0 aliphatic rings. The lowest BCUT2D eigenvalue weighted by Crippen LogP contribution is -2.48. The van der Waals surface area contributed by atoms with Gasteiger partial charge in [0, 0.05) is 6.54 Å². The fourth-order valence-electron chi connectivity index (χ4n) is 2.49. The number of aromatic amines is 1. The van der Waals surface area contributed by atoms with Crippen LogP contribution in [0.5, 0.6) is 0 Å². The van der Waals surface area contributed by atoms with Crippen LogP contribution in [-0.2, 0) is 11.0 Å². The van der Waals surface area contributed by atoms with Crippen molar-refractivity contribution in [2.75, 3.05) is 0 Å². The molecule has 1 heterocycles. The highest BCUT2D eigenvalue weighted by molar-refractivity contribution is 6.74. The van der Waals surface area contributed by atoms with E-state index in [-0.39, 0.29) is 11.6 Å². The first-order valence-corrected chi connectivity index (χ1v) is 11.9. The number of nitrogens with one attached hydrogen (secondary N) is 1. The summed E-state index contributed by atoms with van der Waals surface area (Å²) in [6, 6.07) is 9.02. The molecule has 0 saturated carbocycles. The molecule has 2 rings (SSSR count). The van der Waals surface area contributed by atoms with Crippen LogP contribution in [0.4, 0.5) is 4.79 Å². The van der Waals surface area contributed by atoms with Gasteiger partial charge in [-0.2, -0.15) is 0 Å². The van der Waals surface area contributed by atoms with Gasteiger partial charge in [-0.25, -0.2) is 9.89 Å². The molecule has 148 valence electrons. The van der Waals surface area contributed by atoms with E-state index in [1.54, 1.807) is 0 Å². The van der Waals surface area contributed by atoms with Gasteiger partial charge in [0.2, 0.25) is 0 Å². The number of H-pyrrole nitrogens is 1. The zero-order valence-corrected chi connectivity index (χ0v) is 17.8. The molecule has 2 aromatic rings. The predicted octanol–water partition coefficient (Wildman–Crippen LogP) is 3.83. The average molecular weight is 392 g/mol. The number of hydrogen-bond acceptors (Lipinski definition) is 5. The summed E-state index contributed by atoms with van der Waals surface area (Å²) in [5, 5.41) is 23.9.